The molecule has 0 spiro atoms. The molecule has 0 saturated heterocycles. The molecule has 0 amide bonds. The van der Waals surface area contributed by atoms with E-state index in [-0.39, 0.29) is 33.8 Å². The number of rotatable bonds is 3. The van der Waals surface area contributed by atoms with Gasteiger partial charge in [-0.15, -0.1) is 0 Å². The van der Waals surface area contributed by atoms with Gasteiger partial charge in [-0.05, 0) is 154 Å². The molecule has 63 heavy (non-hydrogen) atoms. The van der Waals surface area contributed by atoms with E-state index in [9.17, 15) is 0 Å². The molecule has 2 aliphatic heterocycles. The van der Waals surface area contributed by atoms with Crippen molar-refractivity contribution in [3.05, 3.63) is 141 Å². The van der Waals surface area contributed by atoms with Crippen molar-refractivity contribution >= 4 is 62.8 Å². The molecule has 5 aromatic rings. The Morgan fingerprint density at radius 2 is 1.40 bits per heavy atom. The number of fused-ring (bicyclic) bond motifs is 8. The van der Waals surface area contributed by atoms with Gasteiger partial charge in [-0.1, -0.05) is 143 Å². The second-order valence-electron chi connectivity index (χ2n) is 23.9. The van der Waals surface area contributed by atoms with Gasteiger partial charge in [-0.25, -0.2) is 0 Å². The third-order valence-electron chi connectivity index (χ3n) is 16.8. The Kier molecular flexibility index (Phi) is 8.98. The van der Waals surface area contributed by atoms with Crippen molar-refractivity contribution in [1.82, 2.24) is 0 Å². The maximum absolute atomic E-state index is 2.83. The van der Waals surface area contributed by atoms with Gasteiger partial charge in [0.25, 0.3) is 6.71 Å². The van der Waals surface area contributed by atoms with Gasteiger partial charge in [0.1, 0.15) is 0 Å². The zero-order valence-electron chi connectivity index (χ0n) is 40.1. The Hall–Kier alpha value is -4.54. The Morgan fingerprint density at radius 1 is 0.698 bits per heavy atom. The normalized spacial score (nSPS) is 23.1. The van der Waals surface area contributed by atoms with Gasteiger partial charge in [-0.2, -0.15) is 11.3 Å². The second kappa shape index (κ2) is 13.7. The standard InChI is InChI=1S/C59H67BN2S/c1-36-32-47-51-48(33-36)62(46-27-22-38(55(2,3)4)34-41(46)37-18-14-13-15-19-37)52-40-20-16-17-21-49(40)63-54(52)60(51)45-26-25-43-50(59(11,12)31-30-57(43,7)8)53(45)61(47)39-23-24-42-44(35-39)58(9,10)29-28-56(42,5)6/h13-16,18-20,22-27,32-35,43,50H,17,21,28-31H2,1-12H3. The average molecular weight is 847 g/mol. The molecule has 0 radical (unpaired) electrons. The molecule has 1 aromatic heterocycles. The Morgan fingerprint density at radius 3 is 2.13 bits per heavy atom. The first-order chi connectivity index (χ1) is 29.8. The summed E-state index contributed by atoms with van der Waals surface area (Å²) < 4.78 is 1.51. The molecule has 1 fully saturated rings. The van der Waals surface area contributed by atoms with Gasteiger partial charge < -0.3 is 9.80 Å². The van der Waals surface area contributed by atoms with Gasteiger partial charge in [0.05, 0.1) is 11.4 Å². The molecule has 0 bridgehead atoms. The number of hydrogen-bond donors (Lipinski definition) is 0. The Balaban J connectivity index is 1.25. The maximum atomic E-state index is 2.83. The molecule has 2 unspecified atom stereocenters. The van der Waals surface area contributed by atoms with E-state index in [1.807, 2.05) is 0 Å². The van der Waals surface area contributed by atoms with Crippen molar-refractivity contribution in [2.24, 2.45) is 22.7 Å². The van der Waals surface area contributed by atoms with Crippen LogP contribution in [0.5, 0.6) is 0 Å². The van der Waals surface area contributed by atoms with Crippen molar-refractivity contribution in [1.29, 1.82) is 0 Å². The minimum Gasteiger partial charge on any atom is -0.315 e. The van der Waals surface area contributed by atoms with Crippen LogP contribution in [-0.4, -0.2) is 6.71 Å². The summed E-state index contributed by atoms with van der Waals surface area (Å²) in [5.41, 5.74) is 21.5. The largest absolute Gasteiger partial charge is 0.315 e. The fourth-order valence-electron chi connectivity index (χ4n) is 12.9. The van der Waals surface area contributed by atoms with Crippen molar-refractivity contribution in [2.75, 3.05) is 9.80 Å². The first kappa shape index (κ1) is 41.2. The van der Waals surface area contributed by atoms with E-state index in [1.54, 1.807) is 5.70 Å². The lowest BCUT2D eigenvalue weighted by Crippen LogP contribution is -2.58. The van der Waals surface area contributed by atoms with Crippen LogP contribution in [0.25, 0.3) is 17.2 Å². The van der Waals surface area contributed by atoms with E-state index < -0.39 is 0 Å². The fourth-order valence-corrected chi connectivity index (χ4v) is 14.3. The number of benzene rings is 4. The SMILES string of the molecule is Cc1cc2c3c(c1)N(c1ccc(C(C)(C)C)cc1-c1ccccc1)c1c(sc4c1C=CCC4)B3C1=C(C3C(C=C1)C(C)(C)CCC3(C)C)N2c1ccc2c(c1)C(C)(C)CCC2(C)C. The van der Waals surface area contributed by atoms with Crippen molar-refractivity contribution < 1.29 is 0 Å². The van der Waals surface area contributed by atoms with E-state index in [0.29, 0.717) is 11.8 Å². The fraction of sp³-hybridized carbons (Fsp3) is 0.424. The molecule has 11 rings (SSSR count). The number of thiophene rings is 1. The lowest BCUT2D eigenvalue weighted by Gasteiger charge is -2.57. The molecule has 0 N–H and O–H groups in total. The van der Waals surface area contributed by atoms with E-state index in [4.69, 9.17) is 0 Å². The highest BCUT2D eigenvalue weighted by Crippen LogP contribution is 2.62. The van der Waals surface area contributed by atoms with Crippen LogP contribution in [0.4, 0.5) is 28.4 Å². The Bertz CT molecular complexity index is 2820. The van der Waals surface area contributed by atoms with E-state index in [0.717, 1.165) is 12.8 Å². The van der Waals surface area contributed by atoms with Crippen LogP contribution < -0.4 is 20.0 Å². The van der Waals surface area contributed by atoms with E-state index in [2.05, 4.69) is 207 Å². The van der Waals surface area contributed by atoms with Crippen LogP contribution in [0.15, 0.2) is 108 Å². The highest BCUT2D eigenvalue weighted by Gasteiger charge is 2.56. The quantitative estimate of drug-likeness (QED) is 0.167. The minimum absolute atomic E-state index is 0.0155. The van der Waals surface area contributed by atoms with Crippen molar-refractivity contribution in [3.63, 3.8) is 0 Å². The summed E-state index contributed by atoms with van der Waals surface area (Å²) in [4.78, 5) is 7.09. The van der Waals surface area contributed by atoms with Gasteiger partial charge in [0.15, 0.2) is 0 Å². The highest BCUT2D eigenvalue weighted by atomic mass is 32.1. The highest BCUT2D eigenvalue weighted by molar-refractivity contribution is 7.28. The van der Waals surface area contributed by atoms with Gasteiger partial charge in [0, 0.05) is 49.5 Å². The molecule has 1 saturated carbocycles. The average Bonchev–Trinajstić information content (AvgIpc) is 3.62. The van der Waals surface area contributed by atoms with Crippen LogP contribution in [0, 0.1) is 29.6 Å². The third-order valence-corrected chi connectivity index (χ3v) is 18.1. The molecule has 2 atom stereocenters. The van der Waals surface area contributed by atoms with Crippen LogP contribution in [0.3, 0.4) is 0 Å². The molecular formula is C59H67BN2S. The summed E-state index contributed by atoms with van der Waals surface area (Å²) in [6.07, 6.45) is 17.3. The molecule has 4 aromatic carbocycles. The summed E-state index contributed by atoms with van der Waals surface area (Å²) in [7, 11) is 0. The summed E-state index contributed by atoms with van der Waals surface area (Å²) in [6.45, 7) is 29.7. The lowest BCUT2D eigenvalue weighted by molar-refractivity contribution is 0.0254. The number of anilines is 5. The summed E-state index contributed by atoms with van der Waals surface area (Å²) >= 11 is 2.11. The zero-order chi connectivity index (χ0) is 44.2. The summed E-state index contributed by atoms with van der Waals surface area (Å²) in [5, 5.41) is 0. The monoisotopic (exact) mass is 847 g/mol. The van der Waals surface area contributed by atoms with E-state index >= 15 is 0 Å². The predicted molar refractivity (Wildman–Crippen MR) is 274 cm³/mol. The van der Waals surface area contributed by atoms with Crippen molar-refractivity contribution in [3.8, 4) is 11.1 Å². The lowest BCUT2D eigenvalue weighted by atomic mass is 9.33. The maximum Gasteiger partial charge on any atom is 0.264 e. The summed E-state index contributed by atoms with van der Waals surface area (Å²) in [6, 6.07) is 31.3. The second-order valence-corrected chi connectivity index (χ2v) is 25.1. The number of hydrogen-bond acceptors (Lipinski definition) is 3. The van der Waals surface area contributed by atoms with Crippen LogP contribution in [-0.2, 0) is 22.7 Å². The Labute approximate surface area is 383 Å². The first-order valence-electron chi connectivity index (χ1n) is 24.1. The van der Waals surface area contributed by atoms with Crippen LogP contribution in [0.1, 0.15) is 141 Å². The smallest absolute Gasteiger partial charge is 0.264 e. The number of nitrogens with zero attached hydrogens (tertiary/aromatic N) is 2. The van der Waals surface area contributed by atoms with Crippen LogP contribution in [0.2, 0.25) is 0 Å². The zero-order valence-corrected chi connectivity index (χ0v) is 40.9. The van der Waals surface area contributed by atoms with Crippen LogP contribution >= 0.6 is 11.3 Å². The predicted octanol–water partition coefficient (Wildman–Crippen LogP) is 15.3. The molecular weight excluding hydrogens is 780 g/mol. The third kappa shape index (κ3) is 6.16. The molecule has 3 heterocycles. The first-order valence-corrected chi connectivity index (χ1v) is 24.9. The molecule has 322 valence electrons. The molecule has 4 heteroatoms. The number of allylic oxidation sites excluding steroid dienone is 5. The summed E-state index contributed by atoms with van der Waals surface area (Å²) in [5.74, 6) is 0.833. The molecule has 2 nitrogen and oxygen atoms in total. The molecule has 4 aliphatic carbocycles. The van der Waals surface area contributed by atoms with Gasteiger partial charge in [0.2, 0.25) is 0 Å². The van der Waals surface area contributed by atoms with E-state index in [1.165, 1.54) is 114 Å². The minimum atomic E-state index is 0.0155. The molecule has 6 aliphatic rings. The van der Waals surface area contributed by atoms with Gasteiger partial charge >= 0.3 is 0 Å². The van der Waals surface area contributed by atoms with Crippen molar-refractivity contribution in [2.45, 2.75) is 138 Å². The number of aryl methyl sites for hydroxylation is 2. The van der Waals surface area contributed by atoms with Gasteiger partial charge in [-0.3, -0.25) is 0 Å². The topological polar surface area (TPSA) is 6.48 Å².